The second-order valence-corrected chi connectivity index (χ2v) is 4.92. The largest absolute Gasteiger partial charge is 0.379 e. The van der Waals surface area contributed by atoms with Gasteiger partial charge in [0.1, 0.15) is 0 Å². The van der Waals surface area contributed by atoms with Gasteiger partial charge in [-0.1, -0.05) is 11.6 Å². The Bertz CT molecular complexity index is 385. The zero-order valence-corrected chi connectivity index (χ0v) is 11.2. The Hall–Kier alpha value is -0.900. The van der Waals surface area contributed by atoms with Gasteiger partial charge in [-0.2, -0.15) is 0 Å². The molecule has 0 atom stereocenters. The van der Waals surface area contributed by atoms with Crippen LogP contribution >= 0.6 is 11.6 Å². The molecule has 1 saturated heterocycles. The molecule has 3 nitrogen and oxygen atoms in total. The second kappa shape index (κ2) is 6.88. The van der Waals surface area contributed by atoms with Crippen LogP contribution in [0.15, 0.2) is 24.3 Å². The van der Waals surface area contributed by atoms with Gasteiger partial charge in [0.2, 0.25) is 0 Å². The number of hydrogen-bond acceptors (Lipinski definition) is 3. The number of rotatable bonds is 5. The first kappa shape index (κ1) is 13.5. The van der Waals surface area contributed by atoms with E-state index in [0.717, 1.165) is 44.8 Å². The summed E-state index contributed by atoms with van der Waals surface area (Å²) in [6.07, 6.45) is 1.50. The van der Waals surface area contributed by atoms with Gasteiger partial charge in [0, 0.05) is 30.1 Å². The van der Waals surface area contributed by atoms with E-state index in [9.17, 15) is 4.79 Å². The minimum Gasteiger partial charge on any atom is -0.379 e. The number of benzene rings is 1. The molecule has 0 unspecified atom stereocenters. The molecule has 0 N–H and O–H groups in total. The van der Waals surface area contributed by atoms with Gasteiger partial charge in [0.15, 0.2) is 5.78 Å². The smallest absolute Gasteiger partial charge is 0.162 e. The quantitative estimate of drug-likeness (QED) is 0.768. The van der Waals surface area contributed by atoms with Crippen molar-refractivity contribution < 1.29 is 9.53 Å². The fourth-order valence-corrected chi connectivity index (χ4v) is 2.19. The maximum atomic E-state index is 11.9. The molecule has 1 aromatic rings. The Morgan fingerprint density at radius 3 is 2.56 bits per heavy atom. The number of nitrogens with zero attached hydrogens (tertiary/aromatic N) is 1. The highest BCUT2D eigenvalue weighted by Gasteiger charge is 2.11. The van der Waals surface area contributed by atoms with Crippen LogP contribution in [0.25, 0.3) is 0 Å². The van der Waals surface area contributed by atoms with Crippen molar-refractivity contribution in [3.63, 3.8) is 0 Å². The zero-order chi connectivity index (χ0) is 12.8. The van der Waals surface area contributed by atoms with Crippen molar-refractivity contribution in [1.29, 1.82) is 0 Å². The molecular weight excluding hydrogens is 250 g/mol. The first-order valence-corrected chi connectivity index (χ1v) is 6.72. The molecule has 1 heterocycles. The van der Waals surface area contributed by atoms with E-state index in [2.05, 4.69) is 4.90 Å². The molecule has 0 amide bonds. The lowest BCUT2D eigenvalue weighted by molar-refractivity contribution is 0.0371. The SMILES string of the molecule is O=C(CCCN1CCOCC1)c1ccc(Cl)cc1. The summed E-state index contributed by atoms with van der Waals surface area (Å²) in [4.78, 5) is 14.3. The molecule has 2 rings (SSSR count). The van der Waals surface area contributed by atoms with Crippen LogP contribution in [-0.4, -0.2) is 43.5 Å². The zero-order valence-electron chi connectivity index (χ0n) is 10.4. The lowest BCUT2D eigenvalue weighted by atomic mass is 10.1. The average Bonchev–Trinajstić information content (AvgIpc) is 2.40. The van der Waals surface area contributed by atoms with Crippen molar-refractivity contribution in [3.8, 4) is 0 Å². The summed E-state index contributed by atoms with van der Waals surface area (Å²) < 4.78 is 5.29. The number of hydrogen-bond donors (Lipinski definition) is 0. The van der Waals surface area contributed by atoms with E-state index in [4.69, 9.17) is 16.3 Å². The third-order valence-electron chi connectivity index (χ3n) is 3.15. The molecule has 0 bridgehead atoms. The van der Waals surface area contributed by atoms with Crippen LogP contribution in [-0.2, 0) is 4.74 Å². The molecule has 1 fully saturated rings. The van der Waals surface area contributed by atoms with E-state index in [1.54, 1.807) is 24.3 Å². The second-order valence-electron chi connectivity index (χ2n) is 4.49. The van der Waals surface area contributed by atoms with Gasteiger partial charge in [-0.05, 0) is 37.2 Å². The number of halogens is 1. The van der Waals surface area contributed by atoms with Gasteiger partial charge in [-0.3, -0.25) is 9.69 Å². The lowest BCUT2D eigenvalue weighted by Crippen LogP contribution is -2.36. The monoisotopic (exact) mass is 267 g/mol. The maximum absolute atomic E-state index is 11.9. The van der Waals surface area contributed by atoms with Crippen molar-refractivity contribution in [2.75, 3.05) is 32.8 Å². The molecule has 1 aromatic carbocycles. The van der Waals surface area contributed by atoms with Crippen LogP contribution in [0.5, 0.6) is 0 Å². The molecule has 0 radical (unpaired) electrons. The van der Waals surface area contributed by atoms with E-state index < -0.39 is 0 Å². The fourth-order valence-electron chi connectivity index (χ4n) is 2.07. The van der Waals surface area contributed by atoms with Crippen LogP contribution in [0.1, 0.15) is 23.2 Å². The number of carbonyl (C=O) groups excluding carboxylic acids is 1. The van der Waals surface area contributed by atoms with Crippen LogP contribution in [0.3, 0.4) is 0 Å². The minimum atomic E-state index is 0.194. The van der Waals surface area contributed by atoms with E-state index in [0.29, 0.717) is 11.4 Å². The highest BCUT2D eigenvalue weighted by molar-refractivity contribution is 6.30. The molecule has 98 valence electrons. The summed E-state index contributed by atoms with van der Waals surface area (Å²) in [5.74, 6) is 0.194. The summed E-state index contributed by atoms with van der Waals surface area (Å²) in [5, 5.41) is 0.667. The van der Waals surface area contributed by atoms with E-state index in [1.807, 2.05) is 0 Å². The molecular formula is C14H18ClNO2. The van der Waals surface area contributed by atoms with Crippen LogP contribution < -0.4 is 0 Å². The fraction of sp³-hybridized carbons (Fsp3) is 0.500. The van der Waals surface area contributed by atoms with Crippen molar-refractivity contribution in [2.24, 2.45) is 0 Å². The summed E-state index contributed by atoms with van der Waals surface area (Å²) >= 11 is 5.79. The average molecular weight is 268 g/mol. The molecule has 0 saturated carbocycles. The Labute approximate surface area is 113 Å². The van der Waals surface area contributed by atoms with Gasteiger partial charge >= 0.3 is 0 Å². The van der Waals surface area contributed by atoms with Gasteiger partial charge in [-0.15, -0.1) is 0 Å². The van der Waals surface area contributed by atoms with Gasteiger partial charge < -0.3 is 4.74 Å². The third-order valence-corrected chi connectivity index (χ3v) is 3.40. The topological polar surface area (TPSA) is 29.5 Å². The predicted molar refractivity (Wildman–Crippen MR) is 72.3 cm³/mol. The third kappa shape index (κ3) is 4.09. The number of Topliss-reactive ketones (excluding diaryl/α,β-unsaturated/α-hetero) is 1. The predicted octanol–water partition coefficient (Wildman–Crippen LogP) is 2.64. The molecule has 18 heavy (non-hydrogen) atoms. The van der Waals surface area contributed by atoms with Crippen molar-refractivity contribution >= 4 is 17.4 Å². The lowest BCUT2D eigenvalue weighted by Gasteiger charge is -2.26. The normalized spacial score (nSPS) is 16.7. The van der Waals surface area contributed by atoms with E-state index in [-0.39, 0.29) is 5.78 Å². The molecule has 1 aliphatic heterocycles. The molecule has 4 heteroatoms. The van der Waals surface area contributed by atoms with Crippen LogP contribution in [0.2, 0.25) is 5.02 Å². The standard InChI is InChI=1S/C14H18ClNO2/c15-13-5-3-12(4-6-13)14(17)2-1-7-16-8-10-18-11-9-16/h3-6H,1-2,7-11H2. The summed E-state index contributed by atoms with van der Waals surface area (Å²) in [6.45, 7) is 4.56. The summed E-state index contributed by atoms with van der Waals surface area (Å²) in [7, 11) is 0. The molecule has 0 aliphatic carbocycles. The first-order chi connectivity index (χ1) is 8.75. The minimum absolute atomic E-state index is 0.194. The van der Waals surface area contributed by atoms with Gasteiger partial charge in [-0.25, -0.2) is 0 Å². The number of morpholine rings is 1. The molecule has 1 aliphatic rings. The van der Waals surface area contributed by atoms with Crippen LogP contribution in [0.4, 0.5) is 0 Å². The van der Waals surface area contributed by atoms with Gasteiger partial charge in [0.05, 0.1) is 13.2 Å². The Kier molecular flexibility index (Phi) is 5.17. The van der Waals surface area contributed by atoms with Crippen molar-refractivity contribution in [1.82, 2.24) is 4.90 Å². The number of carbonyl (C=O) groups is 1. The number of ketones is 1. The summed E-state index contributed by atoms with van der Waals surface area (Å²) in [6, 6.07) is 7.10. The van der Waals surface area contributed by atoms with E-state index >= 15 is 0 Å². The maximum Gasteiger partial charge on any atom is 0.162 e. The highest BCUT2D eigenvalue weighted by atomic mass is 35.5. The molecule has 0 aromatic heterocycles. The van der Waals surface area contributed by atoms with E-state index in [1.165, 1.54) is 0 Å². The Balaban J connectivity index is 1.72. The first-order valence-electron chi connectivity index (χ1n) is 6.34. The van der Waals surface area contributed by atoms with Crippen LogP contribution in [0, 0.1) is 0 Å². The van der Waals surface area contributed by atoms with Crippen molar-refractivity contribution in [3.05, 3.63) is 34.9 Å². The van der Waals surface area contributed by atoms with Crippen molar-refractivity contribution in [2.45, 2.75) is 12.8 Å². The van der Waals surface area contributed by atoms with Gasteiger partial charge in [0.25, 0.3) is 0 Å². The Morgan fingerprint density at radius 2 is 1.89 bits per heavy atom. The number of ether oxygens (including phenoxy) is 1. The molecule has 0 spiro atoms. The highest BCUT2D eigenvalue weighted by Crippen LogP contribution is 2.12. The summed E-state index contributed by atoms with van der Waals surface area (Å²) in [5.41, 5.74) is 0.751. The Morgan fingerprint density at radius 1 is 1.22 bits per heavy atom.